The van der Waals surface area contributed by atoms with Crippen molar-refractivity contribution in [2.24, 2.45) is 0 Å². The summed E-state index contributed by atoms with van der Waals surface area (Å²) >= 11 is 6.59. The molecule has 0 aromatic heterocycles. The molecule has 1 saturated heterocycles. The van der Waals surface area contributed by atoms with Gasteiger partial charge in [0.1, 0.15) is 16.4 Å². The number of benzene rings is 3. The third kappa shape index (κ3) is 7.14. The van der Waals surface area contributed by atoms with E-state index in [1.807, 2.05) is 19.0 Å². The minimum atomic E-state index is -5.30. The molecule has 17 heteroatoms. The van der Waals surface area contributed by atoms with Gasteiger partial charge < -0.3 is 28.7 Å². The van der Waals surface area contributed by atoms with Gasteiger partial charge in [0, 0.05) is 49.4 Å². The van der Waals surface area contributed by atoms with E-state index in [1.54, 1.807) is 44.1 Å². The number of aryl methyl sites for hydroxylation is 1. The highest BCUT2D eigenvalue weighted by atomic mass is 35.5. The monoisotopic (exact) mass is 768 g/mol. The average molecular weight is 769 g/mol. The number of nitrogens with zero attached hydrogens (tertiary/aromatic N) is 4. The van der Waals surface area contributed by atoms with E-state index in [0.717, 1.165) is 18.2 Å². The van der Waals surface area contributed by atoms with Crippen LogP contribution in [0.3, 0.4) is 0 Å². The van der Waals surface area contributed by atoms with Crippen LogP contribution in [0, 0.1) is 6.92 Å². The van der Waals surface area contributed by atoms with Gasteiger partial charge in [0.25, 0.3) is 15.9 Å². The summed E-state index contributed by atoms with van der Waals surface area (Å²) in [5.41, 5.74) is -1.40. The Morgan fingerprint density at radius 1 is 0.981 bits per heavy atom. The minimum absolute atomic E-state index is 0.0225. The number of likely N-dealkylation sites (N-methyl/N-ethyl adjacent to an activating group) is 2. The molecule has 2 aliphatic heterocycles. The van der Waals surface area contributed by atoms with Crippen molar-refractivity contribution >= 4 is 39.1 Å². The van der Waals surface area contributed by atoms with Crippen LogP contribution < -0.4 is 18.5 Å². The number of sulfonamides is 1. The van der Waals surface area contributed by atoms with Crippen molar-refractivity contribution in [3.63, 3.8) is 0 Å². The maximum absolute atomic E-state index is 15.6. The van der Waals surface area contributed by atoms with E-state index in [-0.39, 0.29) is 46.3 Å². The van der Waals surface area contributed by atoms with Crippen LogP contribution in [-0.2, 0) is 29.9 Å². The van der Waals surface area contributed by atoms with Gasteiger partial charge in [0.15, 0.2) is 11.3 Å². The Morgan fingerprint density at radius 2 is 1.69 bits per heavy atom. The molecule has 5 rings (SSSR count). The number of halogens is 4. The van der Waals surface area contributed by atoms with E-state index >= 15 is 4.79 Å². The number of anilines is 1. The zero-order valence-electron chi connectivity index (χ0n) is 29.7. The van der Waals surface area contributed by atoms with Crippen LogP contribution in [-0.4, -0.2) is 116 Å². The van der Waals surface area contributed by atoms with E-state index in [2.05, 4.69) is 4.74 Å². The maximum Gasteiger partial charge on any atom is 0.573 e. The zero-order chi connectivity index (χ0) is 38.3. The molecule has 52 heavy (non-hydrogen) atoms. The summed E-state index contributed by atoms with van der Waals surface area (Å²) in [5.74, 6) is -2.55. The van der Waals surface area contributed by atoms with Gasteiger partial charge in [-0.1, -0.05) is 23.2 Å². The molecule has 12 nitrogen and oxygen atoms in total. The number of fused-ring (bicyclic) bond motifs is 1. The molecule has 3 aromatic carbocycles. The Kier molecular flexibility index (Phi) is 11.1. The number of amides is 2. The molecule has 0 N–H and O–H groups in total. The predicted octanol–water partition coefficient (Wildman–Crippen LogP) is 4.65. The topological polar surface area (TPSA) is 118 Å². The van der Waals surface area contributed by atoms with Crippen molar-refractivity contribution in [1.82, 2.24) is 14.7 Å². The van der Waals surface area contributed by atoms with Crippen LogP contribution in [0.25, 0.3) is 0 Å². The number of hydrogen-bond donors (Lipinski definition) is 0. The number of rotatable bonds is 12. The van der Waals surface area contributed by atoms with Crippen molar-refractivity contribution in [3.05, 3.63) is 76.3 Å². The maximum atomic E-state index is 15.6. The van der Waals surface area contributed by atoms with Crippen molar-refractivity contribution in [2.75, 3.05) is 66.4 Å². The Labute approximate surface area is 305 Å². The normalized spacial score (nSPS) is 20.7. The van der Waals surface area contributed by atoms with Gasteiger partial charge in [-0.2, -0.15) is 0 Å². The van der Waals surface area contributed by atoms with Crippen molar-refractivity contribution in [2.45, 2.75) is 42.3 Å². The fraction of sp³-hybridized carbons (Fsp3) is 0.429. The van der Waals surface area contributed by atoms with Crippen LogP contribution in [0.4, 0.5) is 18.9 Å². The van der Waals surface area contributed by atoms with Crippen LogP contribution in [0.1, 0.15) is 23.1 Å². The Morgan fingerprint density at radius 3 is 2.31 bits per heavy atom. The number of alkyl halides is 3. The molecule has 3 aromatic rings. The first-order valence-corrected chi connectivity index (χ1v) is 17.9. The number of methoxy groups -OCH3 is 2. The Bertz CT molecular complexity index is 1960. The van der Waals surface area contributed by atoms with E-state index < -0.39 is 56.5 Å². The standard InChI is InChI=1S/C35H40ClF3N4O8S/c1-21-8-12-29(49-7)26(16-21)34(42-20-24(50-15-14-40(2)3)18-28(42)32(44)41(4)5)25-17-22(36)9-11-27(25)43(33(34)45)52(46,47)31-13-10-23(48-6)19-30(31)51-35(37,38)39/h8-13,16-17,19,24,28H,14-15,18,20H2,1-7H3/t24-,28+,34?/m1/s1. The SMILES string of the molecule is COc1ccc(S(=O)(=O)N2C(=O)C(c3cc(C)ccc3OC)(N3C[C@H](OCCN(C)C)C[C@H]3C(=O)N(C)C)c3cc(Cl)ccc32)c(OC(F)(F)F)c1. The van der Waals surface area contributed by atoms with E-state index in [4.69, 9.17) is 25.8 Å². The highest BCUT2D eigenvalue weighted by Gasteiger charge is 2.64. The minimum Gasteiger partial charge on any atom is -0.497 e. The average Bonchev–Trinajstić information content (AvgIpc) is 3.59. The lowest BCUT2D eigenvalue weighted by molar-refractivity contribution is -0.275. The summed E-state index contributed by atoms with van der Waals surface area (Å²) in [6, 6.07) is 10.8. The van der Waals surface area contributed by atoms with E-state index in [1.165, 1.54) is 37.3 Å². The second-order valence-electron chi connectivity index (χ2n) is 12.9. The molecule has 0 saturated carbocycles. The highest BCUT2D eigenvalue weighted by molar-refractivity contribution is 7.93. The molecule has 0 bridgehead atoms. The molecule has 2 heterocycles. The smallest absolute Gasteiger partial charge is 0.497 e. The van der Waals surface area contributed by atoms with Gasteiger partial charge in [-0.25, -0.2) is 12.7 Å². The lowest BCUT2D eigenvalue weighted by atomic mass is 9.80. The lowest BCUT2D eigenvalue weighted by Gasteiger charge is -2.42. The number of hydrogen-bond acceptors (Lipinski definition) is 10. The predicted molar refractivity (Wildman–Crippen MR) is 186 cm³/mol. The summed E-state index contributed by atoms with van der Waals surface area (Å²) in [7, 11) is 4.23. The van der Waals surface area contributed by atoms with Crippen LogP contribution >= 0.6 is 11.6 Å². The van der Waals surface area contributed by atoms with Gasteiger partial charge in [-0.05, 0) is 69.9 Å². The Balaban J connectivity index is 1.83. The quantitative estimate of drug-likeness (QED) is 0.258. The first kappa shape index (κ1) is 39.1. The second-order valence-corrected chi connectivity index (χ2v) is 15.1. The first-order valence-electron chi connectivity index (χ1n) is 16.1. The van der Waals surface area contributed by atoms with E-state index in [9.17, 15) is 26.4 Å². The zero-order valence-corrected chi connectivity index (χ0v) is 31.2. The van der Waals surface area contributed by atoms with Crippen LogP contribution in [0.15, 0.2) is 59.5 Å². The summed E-state index contributed by atoms with van der Waals surface area (Å²) < 4.78 is 92.3. The Hall–Kier alpha value is -4.09. The van der Waals surface area contributed by atoms with E-state index in [0.29, 0.717) is 23.0 Å². The summed E-state index contributed by atoms with van der Waals surface area (Å²) in [4.78, 5) is 33.6. The van der Waals surface area contributed by atoms with Crippen LogP contribution in [0.5, 0.6) is 17.2 Å². The van der Waals surface area contributed by atoms with Gasteiger partial charge in [0.05, 0.1) is 38.7 Å². The second kappa shape index (κ2) is 14.7. The molecule has 0 aliphatic carbocycles. The molecule has 3 atom stereocenters. The van der Waals surface area contributed by atoms with Crippen molar-refractivity contribution in [3.8, 4) is 17.2 Å². The lowest BCUT2D eigenvalue weighted by Crippen LogP contribution is -2.59. The number of carbonyl (C=O) groups excluding carboxylic acids is 2. The fourth-order valence-corrected chi connectivity index (χ4v) is 8.47. The summed E-state index contributed by atoms with van der Waals surface area (Å²) in [6.07, 6.45) is -5.75. The molecule has 0 spiro atoms. The highest BCUT2D eigenvalue weighted by Crippen LogP contribution is 2.55. The molecule has 1 fully saturated rings. The molecular weight excluding hydrogens is 729 g/mol. The molecule has 282 valence electrons. The molecule has 1 unspecified atom stereocenters. The third-order valence-electron chi connectivity index (χ3n) is 9.01. The van der Waals surface area contributed by atoms with Gasteiger partial charge >= 0.3 is 6.36 Å². The first-order chi connectivity index (χ1) is 24.4. The van der Waals surface area contributed by atoms with Crippen LogP contribution in [0.2, 0.25) is 5.02 Å². The largest absolute Gasteiger partial charge is 0.573 e. The molecule has 2 aliphatic rings. The number of ether oxygens (including phenoxy) is 4. The van der Waals surface area contributed by atoms with Crippen molar-refractivity contribution in [1.29, 1.82) is 0 Å². The molecule has 2 amide bonds. The molecular formula is C35H40ClF3N4O8S. The fourth-order valence-electron chi connectivity index (χ4n) is 6.74. The summed E-state index contributed by atoms with van der Waals surface area (Å²) in [5, 5.41) is 0.126. The van der Waals surface area contributed by atoms with Gasteiger partial charge in [-0.3, -0.25) is 14.5 Å². The third-order valence-corrected chi connectivity index (χ3v) is 11.0. The number of carbonyl (C=O) groups is 2. The molecule has 0 radical (unpaired) electrons. The van der Waals surface area contributed by atoms with Gasteiger partial charge in [0.2, 0.25) is 5.91 Å². The van der Waals surface area contributed by atoms with Gasteiger partial charge in [-0.15, -0.1) is 13.2 Å². The summed E-state index contributed by atoms with van der Waals surface area (Å²) in [6.45, 7) is 2.60. The van der Waals surface area contributed by atoms with Crippen molar-refractivity contribution < 1.29 is 50.1 Å². The number of likely N-dealkylation sites (tertiary alicyclic amines) is 1.